The summed E-state index contributed by atoms with van der Waals surface area (Å²) in [6, 6.07) is 3.92. The molecule has 0 saturated carbocycles. The molecule has 0 spiro atoms. The van der Waals surface area contributed by atoms with Gasteiger partial charge >= 0.3 is 0 Å². The van der Waals surface area contributed by atoms with Crippen LogP contribution in [0, 0.1) is 11.6 Å². The highest BCUT2D eigenvalue weighted by molar-refractivity contribution is 5.80. The van der Waals surface area contributed by atoms with Gasteiger partial charge in [0.1, 0.15) is 11.6 Å². The van der Waals surface area contributed by atoms with E-state index in [1.54, 1.807) is 0 Å². The van der Waals surface area contributed by atoms with Gasteiger partial charge in [-0.3, -0.25) is 14.7 Å². The summed E-state index contributed by atoms with van der Waals surface area (Å²) in [5.74, 6) is -0.317. The standard InChI is InChI=1S/C21H33F2N5O/c1-3-10-25-20(29)15-28-12-8-18(9-13-28)27-21(24-4-2)26-11-7-16-5-6-17(22)14-19(16)23/h5-6,14,18H,3-4,7-13,15H2,1-2H3,(H,25,29)(H2,24,26,27). The molecule has 1 aliphatic heterocycles. The van der Waals surface area contributed by atoms with E-state index in [0.29, 0.717) is 31.0 Å². The van der Waals surface area contributed by atoms with Crippen molar-refractivity contribution in [2.24, 2.45) is 4.99 Å². The Kier molecular flexibility index (Phi) is 9.83. The van der Waals surface area contributed by atoms with E-state index in [9.17, 15) is 13.6 Å². The molecule has 1 fully saturated rings. The number of guanidine groups is 1. The SMILES string of the molecule is CCCNC(=O)CN1CCC(NC(=NCCc2ccc(F)cc2F)NCC)CC1. The summed E-state index contributed by atoms with van der Waals surface area (Å²) in [6.07, 6.45) is 3.21. The number of piperidine rings is 1. The van der Waals surface area contributed by atoms with Crippen LogP contribution in [0.15, 0.2) is 23.2 Å². The molecule has 0 bridgehead atoms. The van der Waals surface area contributed by atoms with Crippen molar-refractivity contribution in [3.63, 3.8) is 0 Å². The van der Waals surface area contributed by atoms with Crippen LogP contribution in [0.5, 0.6) is 0 Å². The second-order valence-corrected chi connectivity index (χ2v) is 7.29. The fraction of sp³-hybridized carbons (Fsp3) is 0.619. The molecule has 1 amide bonds. The van der Waals surface area contributed by atoms with Crippen LogP contribution in [0.4, 0.5) is 8.78 Å². The minimum atomic E-state index is -0.570. The van der Waals surface area contributed by atoms with Crippen LogP contribution in [-0.2, 0) is 11.2 Å². The highest BCUT2D eigenvalue weighted by Crippen LogP contribution is 2.11. The summed E-state index contributed by atoms with van der Waals surface area (Å²) in [4.78, 5) is 18.5. The Bertz CT molecular complexity index is 675. The topological polar surface area (TPSA) is 68.8 Å². The summed E-state index contributed by atoms with van der Waals surface area (Å²) in [7, 11) is 0. The Morgan fingerprint density at radius 2 is 1.97 bits per heavy atom. The summed E-state index contributed by atoms with van der Waals surface area (Å²) < 4.78 is 26.7. The average molecular weight is 410 g/mol. The number of likely N-dealkylation sites (tertiary alicyclic amines) is 1. The average Bonchev–Trinajstić information content (AvgIpc) is 2.69. The van der Waals surface area contributed by atoms with Crippen LogP contribution in [0.25, 0.3) is 0 Å². The first-order chi connectivity index (χ1) is 14.0. The number of hydrogen-bond acceptors (Lipinski definition) is 3. The third kappa shape index (κ3) is 8.35. The first-order valence-electron chi connectivity index (χ1n) is 10.5. The zero-order chi connectivity index (χ0) is 21.1. The third-order valence-corrected chi connectivity index (χ3v) is 4.88. The van der Waals surface area contributed by atoms with E-state index in [0.717, 1.165) is 51.5 Å². The molecular weight excluding hydrogens is 376 g/mol. The zero-order valence-corrected chi connectivity index (χ0v) is 17.4. The number of carbonyl (C=O) groups excluding carboxylic acids is 1. The van der Waals surface area contributed by atoms with E-state index in [1.165, 1.54) is 12.1 Å². The van der Waals surface area contributed by atoms with Crippen molar-refractivity contribution in [3.8, 4) is 0 Å². The van der Waals surface area contributed by atoms with E-state index in [4.69, 9.17) is 0 Å². The highest BCUT2D eigenvalue weighted by Gasteiger charge is 2.21. The second-order valence-electron chi connectivity index (χ2n) is 7.29. The fourth-order valence-corrected chi connectivity index (χ4v) is 3.28. The zero-order valence-electron chi connectivity index (χ0n) is 17.4. The molecule has 1 aliphatic rings. The first kappa shape index (κ1) is 23.1. The normalized spacial score (nSPS) is 15.9. The van der Waals surface area contributed by atoms with Gasteiger partial charge in [0.15, 0.2) is 5.96 Å². The summed E-state index contributed by atoms with van der Waals surface area (Å²) in [5, 5.41) is 9.56. The fourth-order valence-electron chi connectivity index (χ4n) is 3.28. The van der Waals surface area contributed by atoms with Crippen molar-refractivity contribution in [3.05, 3.63) is 35.4 Å². The Morgan fingerprint density at radius 3 is 2.62 bits per heavy atom. The van der Waals surface area contributed by atoms with Gasteiger partial charge in [0.2, 0.25) is 5.91 Å². The lowest BCUT2D eigenvalue weighted by Crippen LogP contribution is -2.50. The molecule has 1 aromatic carbocycles. The number of amides is 1. The third-order valence-electron chi connectivity index (χ3n) is 4.88. The molecule has 1 saturated heterocycles. The number of halogens is 2. The van der Waals surface area contributed by atoms with E-state index in [-0.39, 0.29) is 11.9 Å². The first-order valence-corrected chi connectivity index (χ1v) is 10.5. The molecule has 6 nitrogen and oxygen atoms in total. The highest BCUT2D eigenvalue weighted by atomic mass is 19.1. The molecule has 0 atom stereocenters. The molecule has 29 heavy (non-hydrogen) atoms. The smallest absolute Gasteiger partial charge is 0.234 e. The van der Waals surface area contributed by atoms with Gasteiger partial charge in [-0.05, 0) is 44.2 Å². The molecule has 0 unspecified atom stereocenters. The molecule has 0 radical (unpaired) electrons. The number of hydrogen-bond donors (Lipinski definition) is 3. The summed E-state index contributed by atoms with van der Waals surface area (Å²) >= 11 is 0. The molecule has 0 aliphatic carbocycles. The van der Waals surface area contributed by atoms with Gasteiger partial charge < -0.3 is 16.0 Å². The van der Waals surface area contributed by atoms with E-state index in [1.807, 2.05) is 13.8 Å². The molecule has 1 heterocycles. The minimum absolute atomic E-state index is 0.0844. The number of carbonyl (C=O) groups is 1. The maximum atomic E-state index is 13.7. The largest absolute Gasteiger partial charge is 0.357 e. The van der Waals surface area contributed by atoms with Gasteiger partial charge in [0.05, 0.1) is 6.54 Å². The lowest BCUT2D eigenvalue weighted by atomic mass is 10.1. The lowest BCUT2D eigenvalue weighted by Gasteiger charge is -2.32. The second kappa shape index (κ2) is 12.4. The molecule has 3 N–H and O–H groups in total. The van der Waals surface area contributed by atoms with Gasteiger partial charge in [0, 0.05) is 44.8 Å². The Morgan fingerprint density at radius 1 is 1.21 bits per heavy atom. The lowest BCUT2D eigenvalue weighted by molar-refractivity contribution is -0.122. The molecule has 162 valence electrons. The van der Waals surface area contributed by atoms with E-state index < -0.39 is 11.6 Å². The minimum Gasteiger partial charge on any atom is -0.357 e. The maximum absolute atomic E-state index is 13.7. The van der Waals surface area contributed by atoms with Crippen LogP contribution < -0.4 is 16.0 Å². The maximum Gasteiger partial charge on any atom is 0.234 e. The van der Waals surface area contributed by atoms with Crippen molar-refractivity contribution in [2.45, 2.75) is 45.6 Å². The molecule has 2 rings (SSSR count). The van der Waals surface area contributed by atoms with Gasteiger partial charge in [-0.25, -0.2) is 8.78 Å². The predicted molar refractivity (Wildman–Crippen MR) is 112 cm³/mol. The Hall–Kier alpha value is -2.22. The molecular formula is C21H33F2N5O. The predicted octanol–water partition coefficient (Wildman–Crippen LogP) is 2.05. The number of benzene rings is 1. The van der Waals surface area contributed by atoms with Crippen LogP contribution in [0.1, 0.15) is 38.7 Å². The Labute approximate surface area is 172 Å². The molecule has 0 aromatic heterocycles. The van der Waals surface area contributed by atoms with Crippen LogP contribution in [0.3, 0.4) is 0 Å². The van der Waals surface area contributed by atoms with Crippen molar-refractivity contribution in [1.29, 1.82) is 0 Å². The van der Waals surface area contributed by atoms with Crippen LogP contribution in [-0.4, -0.2) is 62.1 Å². The van der Waals surface area contributed by atoms with Gasteiger partial charge in [-0.15, -0.1) is 0 Å². The van der Waals surface area contributed by atoms with Crippen LogP contribution in [0.2, 0.25) is 0 Å². The summed E-state index contributed by atoms with van der Waals surface area (Å²) in [6.45, 7) is 8.06. The number of aliphatic imine (C=N–C) groups is 1. The van der Waals surface area contributed by atoms with Crippen molar-refractivity contribution in [1.82, 2.24) is 20.9 Å². The summed E-state index contributed by atoms with van der Waals surface area (Å²) in [5.41, 5.74) is 0.459. The number of rotatable bonds is 9. The van der Waals surface area contributed by atoms with Gasteiger partial charge in [-0.2, -0.15) is 0 Å². The van der Waals surface area contributed by atoms with Gasteiger partial charge in [0.25, 0.3) is 0 Å². The van der Waals surface area contributed by atoms with E-state index >= 15 is 0 Å². The monoisotopic (exact) mass is 409 g/mol. The van der Waals surface area contributed by atoms with E-state index in [2.05, 4.69) is 25.8 Å². The molecule has 8 heteroatoms. The quantitative estimate of drug-likeness (QED) is 0.431. The Balaban J connectivity index is 1.78. The van der Waals surface area contributed by atoms with Crippen molar-refractivity contribution in [2.75, 3.05) is 39.3 Å². The number of nitrogens with one attached hydrogen (secondary N) is 3. The van der Waals surface area contributed by atoms with Crippen molar-refractivity contribution >= 4 is 11.9 Å². The van der Waals surface area contributed by atoms with Crippen LogP contribution >= 0.6 is 0 Å². The van der Waals surface area contributed by atoms with Crippen molar-refractivity contribution < 1.29 is 13.6 Å². The molecule has 1 aromatic rings. The number of nitrogens with zero attached hydrogens (tertiary/aromatic N) is 2. The van der Waals surface area contributed by atoms with Gasteiger partial charge in [-0.1, -0.05) is 13.0 Å².